The SMILES string of the molecule is COc1ccc2c(O[C@@H]3C[C@H]4C(=O)N[C@]5(C(=O)NS(=O)(=O)C6(C)CC6)C[C@H]5/C=C\CC[C@@H](C)C[C@@H](C)[C@H](NC(=O)OC(C)(C)C(F)(F)F)C(=O)N4C3)nc(-c3ccc4c(c3)OCCO4)cc2c1. The fourth-order valence-electron chi connectivity index (χ4n) is 8.97. The van der Waals surface area contributed by atoms with E-state index in [1.807, 2.05) is 25.1 Å². The zero-order valence-corrected chi connectivity index (χ0v) is 39.0. The molecular formula is C47H56F3N5O11S. The van der Waals surface area contributed by atoms with Crippen molar-refractivity contribution in [2.24, 2.45) is 17.8 Å². The first-order chi connectivity index (χ1) is 31.5. The van der Waals surface area contributed by atoms with Crippen LogP contribution < -0.4 is 34.3 Å². The third-order valence-corrected chi connectivity index (χ3v) is 15.8. The summed E-state index contributed by atoms with van der Waals surface area (Å²) in [5.74, 6) is -2.03. The number of allylic oxidation sites excluding steroid dienone is 1. The lowest BCUT2D eigenvalue weighted by molar-refractivity contribution is -0.244. The summed E-state index contributed by atoms with van der Waals surface area (Å²) in [6.45, 7) is 7.05. The molecule has 2 saturated carbocycles. The topological polar surface area (TPSA) is 201 Å². The summed E-state index contributed by atoms with van der Waals surface area (Å²) in [6.07, 6.45) is -1.62. The van der Waals surface area contributed by atoms with Gasteiger partial charge in [0.25, 0.3) is 5.91 Å². The molecule has 3 N–H and O–H groups in total. The number of pyridine rings is 1. The van der Waals surface area contributed by atoms with Gasteiger partial charge in [-0.05, 0) is 119 Å². The third-order valence-electron chi connectivity index (χ3n) is 13.7. The summed E-state index contributed by atoms with van der Waals surface area (Å²) < 4.78 is 98.0. The summed E-state index contributed by atoms with van der Waals surface area (Å²) in [7, 11) is -2.58. The molecule has 4 heterocycles. The minimum absolute atomic E-state index is 0.0640. The Bertz CT molecular complexity index is 2600. The van der Waals surface area contributed by atoms with Crippen molar-refractivity contribution < 1.29 is 64.5 Å². The van der Waals surface area contributed by atoms with Crippen molar-refractivity contribution in [2.45, 2.75) is 120 Å². The first-order valence-electron chi connectivity index (χ1n) is 22.5. The fraction of sp³-hybridized carbons (Fsp3) is 0.553. The zero-order chi connectivity index (χ0) is 48.3. The molecule has 362 valence electrons. The fourth-order valence-corrected chi connectivity index (χ4v) is 10.3. The molecule has 16 nitrogen and oxygen atoms in total. The smallest absolute Gasteiger partial charge is 0.427 e. The highest BCUT2D eigenvalue weighted by molar-refractivity contribution is 7.91. The molecule has 0 bridgehead atoms. The molecule has 8 rings (SSSR count). The number of hydrogen-bond donors (Lipinski definition) is 3. The van der Waals surface area contributed by atoms with Gasteiger partial charge in [0.1, 0.15) is 42.7 Å². The van der Waals surface area contributed by atoms with Crippen molar-refractivity contribution in [3.05, 3.63) is 54.6 Å². The second-order valence-electron chi connectivity index (χ2n) is 19.2. The number of carbonyl (C=O) groups excluding carboxylic acids is 4. The molecule has 0 radical (unpaired) electrons. The Morgan fingerprint density at radius 2 is 1.73 bits per heavy atom. The number of nitrogens with one attached hydrogen (secondary N) is 3. The molecule has 4 amide bonds. The second kappa shape index (κ2) is 17.7. The minimum atomic E-state index is -4.94. The summed E-state index contributed by atoms with van der Waals surface area (Å²) in [5, 5.41) is 6.48. The summed E-state index contributed by atoms with van der Waals surface area (Å²) >= 11 is 0. The molecule has 0 spiro atoms. The normalized spacial score (nSPS) is 27.8. The van der Waals surface area contributed by atoms with E-state index >= 15 is 4.79 Å². The van der Waals surface area contributed by atoms with E-state index in [4.69, 9.17) is 28.7 Å². The highest BCUT2D eigenvalue weighted by atomic mass is 32.2. The van der Waals surface area contributed by atoms with Crippen LogP contribution in [-0.4, -0.2) is 109 Å². The van der Waals surface area contributed by atoms with Crippen LogP contribution >= 0.6 is 0 Å². The lowest BCUT2D eigenvalue weighted by Gasteiger charge is -2.34. The Morgan fingerprint density at radius 1 is 1.00 bits per heavy atom. The molecule has 1 aromatic heterocycles. The second-order valence-corrected chi connectivity index (χ2v) is 21.4. The molecule has 2 aliphatic carbocycles. The standard InChI is InChI=1S/C47H56F3N5O11S/c1-26-9-7-8-10-30-24-46(30,42(58)54-67(60,61)45(5)15-16-45)53-39(56)35-23-32(25-55(35)41(57)38(27(2)19-26)52-43(59)66-44(3,4)47(48,49)50)65-40-33-13-12-31(62-6)20-29(33)21-34(51-40)28-11-14-36-37(22-28)64-18-17-63-36/h8,10-14,20-22,26-27,30,32,35,38H,7,9,15-19,23-25H2,1-6H3,(H,52,59)(H,53,56)(H,54,58)/b10-8-/t26-,27-,30-,32-,35+,38+,46-/m1/s1. The van der Waals surface area contributed by atoms with Crippen molar-refractivity contribution >= 4 is 44.6 Å². The number of sulfonamides is 1. The maximum Gasteiger partial charge on any atom is 0.427 e. The number of methoxy groups -OCH3 is 1. The minimum Gasteiger partial charge on any atom is -0.497 e. The van der Waals surface area contributed by atoms with Gasteiger partial charge in [-0.1, -0.05) is 26.0 Å². The van der Waals surface area contributed by atoms with Gasteiger partial charge >= 0.3 is 12.3 Å². The van der Waals surface area contributed by atoms with Gasteiger partial charge in [0.2, 0.25) is 33.3 Å². The van der Waals surface area contributed by atoms with Crippen LogP contribution in [0.15, 0.2) is 54.6 Å². The van der Waals surface area contributed by atoms with E-state index in [-0.39, 0.29) is 31.2 Å². The maximum absolute atomic E-state index is 15.0. The van der Waals surface area contributed by atoms with E-state index in [1.54, 1.807) is 43.3 Å². The van der Waals surface area contributed by atoms with Gasteiger partial charge in [-0.15, -0.1) is 0 Å². The van der Waals surface area contributed by atoms with E-state index in [0.29, 0.717) is 98.4 Å². The van der Waals surface area contributed by atoms with Gasteiger partial charge in [0, 0.05) is 23.3 Å². The van der Waals surface area contributed by atoms with E-state index in [2.05, 4.69) is 15.4 Å². The highest BCUT2D eigenvalue weighted by Gasteiger charge is 2.63. The van der Waals surface area contributed by atoms with E-state index in [1.165, 1.54) is 18.9 Å². The summed E-state index contributed by atoms with van der Waals surface area (Å²) in [4.78, 5) is 63.4. The number of aromatic nitrogens is 1. The Kier molecular flexibility index (Phi) is 12.6. The number of ether oxygens (including phenoxy) is 5. The number of rotatable bonds is 9. The number of benzene rings is 2. The number of alkyl halides is 3. The van der Waals surface area contributed by atoms with Gasteiger partial charge in [-0.3, -0.25) is 19.1 Å². The van der Waals surface area contributed by atoms with Gasteiger partial charge in [0.05, 0.1) is 24.1 Å². The Labute approximate surface area is 386 Å². The zero-order valence-electron chi connectivity index (χ0n) is 38.2. The van der Waals surface area contributed by atoms with Gasteiger partial charge < -0.3 is 39.2 Å². The maximum atomic E-state index is 15.0. The Morgan fingerprint density at radius 3 is 2.43 bits per heavy atom. The number of fused-ring (bicyclic) bond motifs is 4. The quantitative estimate of drug-likeness (QED) is 0.201. The Balaban J connectivity index is 1.16. The number of halogens is 3. The predicted molar refractivity (Wildman–Crippen MR) is 238 cm³/mol. The average molecular weight is 956 g/mol. The van der Waals surface area contributed by atoms with E-state index < -0.39 is 85.9 Å². The van der Waals surface area contributed by atoms with E-state index in [9.17, 15) is 36.0 Å². The van der Waals surface area contributed by atoms with Crippen LogP contribution in [0, 0.1) is 17.8 Å². The predicted octanol–water partition coefficient (Wildman–Crippen LogP) is 6.35. The van der Waals surface area contributed by atoms with Crippen LogP contribution in [0.4, 0.5) is 18.0 Å². The van der Waals surface area contributed by atoms with Crippen molar-refractivity contribution in [3.8, 4) is 34.4 Å². The average Bonchev–Trinajstić information content (AvgIpc) is 4.15. The van der Waals surface area contributed by atoms with Crippen LogP contribution in [-0.2, 0) is 29.1 Å². The number of amides is 4. The van der Waals surface area contributed by atoms with Crippen LogP contribution in [0.25, 0.3) is 22.0 Å². The molecule has 5 aliphatic rings. The molecule has 3 aromatic rings. The number of carbonyl (C=O) groups is 4. The van der Waals surface area contributed by atoms with Crippen molar-refractivity contribution in [1.82, 2.24) is 25.2 Å². The lowest BCUT2D eigenvalue weighted by atomic mass is 9.88. The number of nitrogens with zero attached hydrogens (tertiary/aromatic N) is 2. The van der Waals surface area contributed by atoms with E-state index in [0.717, 1.165) is 0 Å². The molecule has 3 fully saturated rings. The molecule has 67 heavy (non-hydrogen) atoms. The molecule has 1 saturated heterocycles. The molecule has 3 aliphatic heterocycles. The first-order valence-corrected chi connectivity index (χ1v) is 24.0. The molecule has 2 aromatic carbocycles. The molecular weight excluding hydrogens is 900 g/mol. The van der Waals surface area contributed by atoms with Gasteiger partial charge in [-0.2, -0.15) is 13.2 Å². The van der Waals surface area contributed by atoms with Crippen molar-refractivity contribution in [1.29, 1.82) is 0 Å². The first kappa shape index (κ1) is 47.7. The van der Waals surface area contributed by atoms with Crippen LogP contribution in [0.1, 0.15) is 79.6 Å². The van der Waals surface area contributed by atoms with Crippen LogP contribution in [0.5, 0.6) is 23.1 Å². The van der Waals surface area contributed by atoms with Gasteiger partial charge in [-0.25, -0.2) is 18.2 Å². The lowest BCUT2D eigenvalue weighted by Crippen LogP contribution is -2.59. The molecule has 0 unspecified atom stereocenters. The summed E-state index contributed by atoms with van der Waals surface area (Å²) in [6, 6.07) is 9.66. The molecule has 20 heteroatoms. The Hall–Kier alpha value is -5.79. The van der Waals surface area contributed by atoms with Crippen LogP contribution in [0.3, 0.4) is 0 Å². The van der Waals surface area contributed by atoms with Crippen molar-refractivity contribution in [3.63, 3.8) is 0 Å². The molecule has 7 atom stereocenters. The third kappa shape index (κ3) is 9.68. The van der Waals surface area contributed by atoms with Crippen molar-refractivity contribution in [2.75, 3.05) is 26.9 Å². The van der Waals surface area contributed by atoms with Crippen LogP contribution in [0.2, 0.25) is 0 Å². The van der Waals surface area contributed by atoms with Gasteiger partial charge in [0.15, 0.2) is 11.5 Å². The number of hydrogen-bond acceptors (Lipinski definition) is 12. The number of alkyl carbamates (subject to hydrolysis) is 1. The monoisotopic (exact) mass is 955 g/mol. The summed E-state index contributed by atoms with van der Waals surface area (Å²) in [5.41, 5.74) is -3.44. The highest BCUT2D eigenvalue weighted by Crippen LogP contribution is 2.48. The largest absolute Gasteiger partial charge is 0.497 e.